The summed E-state index contributed by atoms with van der Waals surface area (Å²) in [5.74, 6) is 0.316. The van der Waals surface area contributed by atoms with E-state index in [1.807, 2.05) is 25.1 Å². The molecule has 0 saturated carbocycles. The highest BCUT2D eigenvalue weighted by Crippen LogP contribution is 2.10. The number of aryl methyl sites for hydroxylation is 1. The molecule has 3 nitrogen and oxygen atoms in total. The molecular weight excluding hydrogens is 204 g/mol. The quantitative estimate of drug-likeness (QED) is 0.740. The molecule has 0 amide bonds. The van der Waals surface area contributed by atoms with Gasteiger partial charge in [0.05, 0.1) is 11.8 Å². The Labute approximate surface area is 93.7 Å². The Balaban J connectivity index is 2.01. The van der Waals surface area contributed by atoms with Gasteiger partial charge in [0.2, 0.25) is 0 Å². The Hall–Kier alpha value is -2.03. The Morgan fingerprint density at radius 3 is 2.75 bits per heavy atom. The summed E-state index contributed by atoms with van der Waals surface area (Å²) < 4.78 is 10.2. The number of hydrogen-bond donors (Lipinski definition) is 0. The van der Waals surface area contributed by atoms with Gasteiger partial charge < -0.3 is 9.15 Å². The first-order valence-corrected chi connectivity index (χ1v) is 5.02. The number of hydrogen-bond acceptors (Lipinski definition) is 3. The number of rotatable bonds is 3. The highest BCUT2D eigenvalue weighted by atomic mass is 16.5. The third-order valence-corrected chi connectivity index (χ3v) is 2.29. The molecule has 16 heavy (non-hydrogen) atoms. The SMILES string of the molecule is Cc1ccccc1C(=O)OCc1ccco1. The first-order valence-electron chi connectivity index (χ1n) is 5.02. The van der Waals surface area contributed by atoms with E-state index in [0.717, 1.165) is 5.56 Å². The second-order valence-corrected chi connectivity index (χ2v) is 3.47. The molecule has 0 N–H and O–H groups in total. The molecule has 0 aliphatic rings. The normalized spacial score (nSPS) is 10.1. The van der Waals surface area contributed by atoms with Crippen LogP contribution in [0.4, 0.5) is 0 Å². The van der Waals surface area contributed by atoms with Crippen LogP contribution < -0.4 is 0 Å². The van der Waals surface area contributed by atoms with Crippen LogP contribution in [0.2, 0.25) is 0 Å². The molecule has 0 spiro atoms. The van der Waals surface area contributed by atoms with Crippen LogP contribution >= 0.6 is 0 Å². The third kappa shape index (κ3) is 2.31. The lowest BCUT2D eigenvalue weighted by Gasteiger charge is -2.05. The fourth-order valence-electron chi connectivity index (χ4n) is 1.41. The summed E-state index contributed by atoms with van der Waals surface area (Å²) in [7, 11) is 0. The van der Waals surface area contributed by atoms with E-state index < -0.39 is 0 Å². The molecule has 82 valence electrons. The molecule has 2 aromatic rings. The van der Waals surface area contributed by atoms with Gasteiger partial charge in [0, 0.05) is 0 Å². The van der Waals surface area contributed by atoms with Crippen molar-refractivity contribution in [3.63, 3.8) is 0 Å². The average Bonchev–Trinajstić information content (AvgIpc) is 2.79. The van der Waals surface area contributed by atoms with Gasteiger partial charge in [-0.05, 0) is 30.7 Å². The van der Waals surface area contributed by atoms with Crippen LogP contribution in [-0.2, 0) is 11.3 Å². The van der Waals surface area contributed by atoms with Crippen molar-refractivity contribution >= 4 is 5.97 Å². The Morgan fingerprint density at radius 1 is 1.25 bits per heavy atom. The van der Waals surface area contributed by atoms with Crippen molar-refractivity contribution in [3.05, 3.63) is 59.5 Å². The number of furan rings is 1. The minimum absolute atomic E-state index is 0.167. The van der Waals surface area contributed by atoms with E-state index in [2.05, 4.69) is 0 Å². The van der Waals surface area contributed by atoms with Crippen molar-refractivity contribution in [1.82, 2.24) is 0 Å². The fourth-order valence-corrected chi connectivity index (χ4v) is 1.41. The van der Waals surface area contributed by atoms with Crippen LogP contribution in [0.1, 0.15) is 21.7 Å². The molecule has 0 saturated heterocycles. The van der Waals surface area contributed by atoms with Crippen LogP contribution in [0, 0.1) is 6.92 Å². The molecule has 0 unspecified atom stereocenters. The number of carbonyl (C=O) groups excluding carboxylic acids is 1. The molecule has 1 aromatic carbocycles. The van der Waals surface area contributed by atoms with E-state index >= 15 is 0 Å². The fraction of sp³-hybridized carbons (Fsp3) is 0.154. The van der Waals surface area contributed by atoms with Crippen molar-refractivity contribution in [2.45, 2.75) is 13.5 Å². The van der Waals surface area contributed by atoms with Gasteiger partial charge in [-0.1, -0.05) is 18.2 Å². The van der Waals surface area contributed by atoms with Gasteiger partial charge in [-0.15, -0.1) is 0 Å². The maximum atomic E-state index is 11.7. The predicted octanol–water partition coefficient (Wildman–Crippen LogP) is 2.95. The summed E-state index contributed by atoms with van der Waals surface area (Å²) >= 11 is 0. The summed E-state index contributed by atoms with van der Waals surface area (Å²) in [5, 5.41) is 0. The average molecular weight is 216 g/mol. The standard InChI is InChI=1S/C13H12O3/c1-10-5-2-3-7-12(10)13(14)16-9-11-6-4-8-15-11/h2-8H,9H2,1H3. The van der Waals surface area contributed by atoms with E-state index in [1.54, 1.807) is 24.5 Å². The second-order valence-electron chi connectivity index (χ2n) is 3.47. The minimum atomic E-state index is -0.325. The van der Waals surface area contributed by atoms with Gasteiger partial charge in [-0.3, -0.25) is 0 Å². The minimum Gasteiger partial charge on any atom is -0.466 e. The van der Waals surface area contributed by atoms with Crippen LogP contribution in [0.25, 0.3) is 0 Å². The third-order valence-electron chi connectivity index (χ3n) is 2.29. The van der Waals surface area contributed by atoms with Gasteiger partial charge in [0.25, 0.3) is 0 Å². The van der Waals surface area contributed by atoms with Crippen LogP contribution in [0.15, 0.2) is 47.1 Å². The zero-order valence-corrected chi connectivity index (χ0v) is 8.97. The highest BCUT2D eigenvalue weighted by Gasteiger charge is 2.10. The lowest BCUT2D eigenvalue weighted by Crippen LogP contribution is -2.06. The maximum absolute atomic E-state index is 11.7. The van der Waals surface area contributed by atoms with Crippen LogP contribution in [0.5, 0.6) is 0 Å². The van der Waals surface area contributed by atoms with E-state index in [4.69, 9.17) is 9.15 Å². The first kappa shape index (κ1) is 10.5. The zero-order valence-electron chi connectivity index (χ0n) is 8.97. The molecular formula is C13H12O3. The molecule has 2 rings (SSSR count). The topological polar surface area (TPSA) is 39.4 Å². The van der Waals surface area contributed by atoms with Crippen LogP contribution in [0.3, 0.4) is 0 Å². The lowest BCUT2D eigenvalue weighted by atomic mass is 10.1. The number of carbonyl (C=O) groups is 1. The van der Waals surface area contributed by atoms with E-state index in [9.17, 15) is 4.79 Å². The lowest BCUT2D eigenvalue weighted by molar-refractivity contribution is 0.0444. The van der Waals surface area contributed by atoms with Gasteiger partial charge in [0.1, 0.15) is 12.4 Å². The van der Waals surface area contributed by atoms with E-state index in [1.165, 1.54) is 0 Å². The van der Waals surface area contributed by atoms with Gasteiger partial charge in [0.15, 0.2) is 0 Å². The molecule has 0 radical (unpaired) electrons. The van der Waals surface area contributed by atoms with Crippen molar-refractivity contribution in [1.29, 1.82) is 0 Å². The largest absolute Gasteiger partial charge is 0.466 e. The van der Waals surface area contributed by atoms with Crippen molar-refractivity contribution < 1.29 is 13.9 Å². The van der Waals surface area contributed by atoms with Gasteiger partial charge in [-0.25, -0.2) is 4.79 Å². The molecule has 1 aromatic heterocycles. The first-order chi connectivity index (χ1) is 7.77. The molecule has 1 heterocycles. The smallest absolute Gasteiger partial charge is 0.338 e. The van der Waals surface area contributed by atoms with Crippen molar-refractivity contribution in [2.24, 2.45) is 0 Å². The summed E-state index contributed by atoms with van der Waals surface area (Å²) in [6.45, 7) is 2.05. The van der Waals surface area contributed by atoms with Gasteiger partial charge >= 0.3 is 5.97 Å². The number of ether oxygens (including phenoxy) is 1. The summed E-state index contributed by atoms with van der Waals surface area (Å²) in [5.41, 5.74) is 1.50. The molecule has 0 aliphatic carbocycles. The second kappa shape index (κ2) is 4.66. The number of benzene rings is 1. The van der Waals surface area contributed by atoms with Crippen molar-refractivity contribution in [3.8, 4) is 0 Å². The molecule has 0 fully saturated rings. The van der Waals surface area contributed by atoms with Crippen molar-refractivity contribution in [2.75, 3.05) is 0 Å². The Kier molecular flexibility index (Phi) is 3.05. The van der Waals surface area contributed by atoms with Crippen LogP contribution in [-0.4, -0.2) is 5.97 Å². The molecule has 0 atom stereocenters. The predicted molar refractivity (Wildman–Crippen MR) is 59.0 cm³/mol. The van der Waals surface area contributed by atoms with Gasteiger partial charge in [-0.2, -0.15) is 0 Å². The number of esters is 1. The molecule has 0 bridgehead atoms. The summed E-state index contributed by atoms with van der Waals surface area (Å²) in [6.07, 6.45) is 1.55. The van der Waals surface area contributed by atoms with E-state index in [0.29, 0.717) is 11.3 Å². The summed E-state index contributed by atoms with van der Waals surface area (Å²) in [6, 6.07) is 10.9. The monoisotopic (exact) mass is 216 g/mol. The zero-order chi connectivity index (χ0) is 11.4. The summed E-state index contributed by atoms with van der Waals surface area (Å²) in [4.78, 5) is 11.7. The van der Waals surface area contributed by atoms with E-state index in [-0.39, 0.29) is 12.6 Å². The maximum Gasteiger partial charge on any atom is 0.338 e. The highest BCUT2D eigenvalue weighted by molar-refractivity contribution is 5.90. The molecule has 3 heteroatoms. The molecule has 0 aliphatic heterocycles. The Morgan fingerprint density at radius 2 is 2.06 bits per heavy atom. The Bertz CT molecular complexity index is 472.